The van der Waals surface area contributed by atoms with Gasteiger partial charge in [-0.05, 0) is 37.3 Å². The number of nitrogens with one attached hydrogen (secondary N) is 1. The second kappa shape index (κ2) is 11.0. The van der Waals surface area contributed by atoms with Crippen molar-refractivity contribution in [3.8, 4) is 11.5 Å². The van der Waals surface area contributed by atoms with Crippen molar-refractivity contribution >= 4 is 53.2 Å². The molecule has 0 saturated carbocycles. The van der Waals surface area contributed by atoms with Gasteiger partial charge in [-0.25, -0.2) is 4.79 Å². The number of phenolic OH excluding ortho intramolecular Hbond substituents is 1. The van der Waals surface area contributed by atoms with Crippen LogP contribution in [0, 0.1) is 0 Å². The number of phenols is 1. The standard InChI is InChI=1S/C18H18Cl2N2O5.ClH/c1-2-26-15(24)9-27-14-6-4-12(16(19)17(14)20)18(25)22-11-3-5-13(23)10(7-11)8-21;/h3-7,23H,2,8-9,21H2,1H3,(H,22,25);1H. The first-order valence-corrected chi connectivity index (χ1v) is 8.72. The molecule has 1 amide bonds. The summed E-state index contributed by atoms with van der Waals surface area (Å²) in [4.78, 5) is 23.8. The van der Waals surface area contributed by atoms with Gasteiger partial charge < -0.3 is 25.6 Å². The number of esters is 1. The van der Waals surface area contributed by atoms with E-state index < -0.39 is 11.9 Å². The summed E-state index contributed by atoms with van der Waals surface area (Å²) in [6.45, 7) is 1.71. The predicted octanol–water partition coefficient (Wildman–Crippen LogP) is 3.77. The van der Waals surface area contributed by atoms with Crippen molar-refractivity contribution in [2.75, 3.05) is 18.5 Å². The Balaban J connectivity index is 0.00000392. The van der Waals surface area contributed by atoms with Gasteiger partial charge >= 0.3 is 5.97 Å². The van der Waals surface area contributed by atoms with Gasteiger partial charge in [-0.15, -0.1) is 12.4 Å². The Labute approximate surface area is 178 Å². The summed E-state index contributed by atoms with van der Waals surface area (Å²) in [7, 11) is 0. The highest BCUT2D eigenvalue weighted by atomic mass is 35.5. The molecule has 0 aliphatic heterocycles. The van der Waals surface area contributed by atoms with Gasteiger partial charge in [-0.2, -0.15) is 0 Å². The van der Waals surface area contributed by atoms with Crippen LogP contribution in [0.1, 0.15) is 22.8 Å². The molecule has 7 nitrogen and oxygen atoms in total. The molecule has 0 radical (unpaired) electrons. The molecule has 0 fully saturated rings. The highest BCUT2D eigenvalue weighted by Gasteiger charge is 2.18. The zero-order valence-electron chi connectivity index (χ0n) is 14.8. The number of carbonyl (C=O) groups excluding carboxylic acids is 2. The third kappa shape index (κ3) is 5.90. The van der Waals surface area contributed by atoms with E-state index >= 15 is 0 Å². The Morgan fingerprint density at radius 3 is 2.54 bits per heavy atom. The van der Waals surface area contributed by atoms with Gasteiger partial charge in [0.1, 0.15) is 16.5 Å². The maximum Gasteiger partial charge on any atom is 0.344 e. The Hall–Kier alpha value is -2.19. The summed E-state index contributed by atoms with van der Waals surface area (Å²) in [6, 6.07) is 7.37. The van der Waals surface area contributed by atoms with Crippen LogP contribution < -0.4 is 15.8 Å². The molecule has 0 aromatic heterocycles. The Kier molecular flexibility index (Phi) is 9.34. The summed E-state index contributed by atoms with van der Waals surface area (Å²) >= 11 is 12.3. The minimum atomic E-state index is -0.547. The molecule has 2 aromatic rings. The molecular formula is C18H19Cl3N2O5. The smallest absolute Gasteiger partial charge is 0.344 e. The van der Waals surface area contributed by atoms with Crippen molar-refractivity contribution in [1.29, 1.82) is 0 Å². The van der Waals surface area contributed by atoms with Crippen LogP contribution in [0.25, 0.3) is 0 Å². The van der Waals surface area contributed by atoms with Crippen LogP contribution in [-0.4, -0.2) is 30.2 Å². The van der Waals surface area contributed by atoms with Gasteiger partial charge in [0, 0.05) is 17.8 Å². The Bertz CT molecular complexity index is 861. The van der Waals surface area contributed by atoms with Crippen molar-refractivity contribution in [3.63, 3.8) is 0 Å². The third-order valence-electron chi connectivity index (χ3n) is 3.50. The second-order valence-corrected chi connectivity index (χ2v) is 6.09. The molecule has 0 bridgehead atoms. The van der Waals surface area contributed by atoms with E-state index in [9.17, 15) is 14.7 Å². The number of hydrogen-bond donors (Lipinski definition) is 3. The fraction of sp³-hybridized carbons (Fsp3) is 0.222. The lowest BCUT2D eigenvalue weighted by Gasteiger charge is -2.12. The van der Waals surface area contributed by atoms with Crippen LogP contribution in [0.2, 0.25) is 10.0 Å². The number of nitrogens with two attached hydrogens (primary N) is 1. The molecular weight excluding hydrogens is 431 g/mol. The number of carbonyl (C=O) groups is 2. The molecule has 10 heteroatoms. The van der Waals surface area contributed by atoms with Crippen LogP contribution in [-0.2, 0) is 16.1 Å². The zero-order valence-corrected chi connectivity index (χ0v) is 17.2. The number of aromatic hydroxyl groups is 1. The van der Waals surface area contributed by atoms with Gasteiger partial charge in [-0.3, -0.25) is 4.79 Å². The minimum absolute atomic E-state index is 0. The number of halogens is 3. The number of rotatable bonds is 7. The van der Waals surface area contributed by atoms with Gasteiger partial charge in [0.25, 0.3) is 5.91 Å². The average Bonchev–Trinajstić information content (AvgIpc) is 2.64. The van der Waals surface area contributed by atoms with E-state index in [1.807, 2.05) is 0 Å². The van der Waals surface area contributed by atoms with Crippen LogP contribution in [0.5, 0.6) is 11.5 Å². The number of ether oxygens (including phenoxy) is 2. The van der Waals surface area contributed by atoms with Crippen molar-refractivity contribution in [1.82, 2.24) is 0 Å². The van der Waals surface area contributed by atoms with E-state index in [1.165, 1.54) is 24.3 Å². The summed E-state index contributed by atoms with van der Waals surface area (Å²) < 4.78 is 10.0. The lowest BCUT2D eigenvalue weighted by molar-refractivity contribution is -0.145. The molecule has 0 spiro atoms. The van der Waals surface area contributed by atoms with E-state index in [1.54, 1.807) is 13.0 Å². The first kappa shape index (κ1) is 23.8. The van der Waals surface area contributed by atoms with E-state index in [2.05, 4.69) is 5.32 Å². The lowest BCUT2D eigenvalue weighted by Crippen LogP contribution is -2.16. The molecule has 28 heavy (non-hydrogen) atoms. The van der Waals surface area contributed by atoms with E-state index in [-0.39, 0.29) is 59.3 Å². The van der Waals surface area contributed by atoms with Crippen molar-refractivity contribution < 1.29 is 24.2 Å². The molecule has 2 rings (SSSR count). The maximum atomic E-state index is 12.5. The molecule has 0 unspecified atom stereocenters. The predicted molar refractivity (Wildman–Crippen MR) is 110 cm³/mol. The SMILES string of the molecule is CCOC(=O)COc1ccc(C(=O)Nc2ccc(O)c(CN)c2)c(Cl)c1Cl.Cl. The molecule has 0 saturated heterocycles. The van der Waals surface area contributed by atoms with E-state index in [4.69, 9.17) is 38.4 Å². The maximum absolute atomic E-state index is 12.5. The third-order valence-corrected chi connectivity index (χ3v) is 4.36. The van der Waals surface area contributed by atoms with E-state index in [0.717, 1.165) is 0 Å². The van der Waals surface area contributed by atoms with Gasteiger partial charge in [0.05, 0.1) is 17.2 Å². The molecule has 0 heterocycles. The summed E-state index contributed by atoms with van der Waals surface area (Å²) in [6.07, 6.45) is 0. The van der Waals surface area contributed by atoms with Crippen LogP contribution in [0.15, 0.2) is 30.3 Å². The average molecular weight is 450 g/mol. The van der Waals surface area contributed by atoms with Crippen molar-refractivity contribution in [2.45, 2.75) is 13.5 Å². The van der Waals surface area contributed by atoms with Crippen LogP contribution in [0.4, 0.5) is 5.69 Å². The van der Waals surface area contributed by atoms with Crippen molar-refractivity contribution in [2.24, 2.45) is 5.73 Å². The Morgan fingerprint density at radius 2 is 1.89 bits per heavy atom. The van der Waals surface area contributed by atoms with Crippen molar-refractivity contribution in [3.05, 3.63) is 51.5 Å². The quantitative estimate of drug-likeness (QED) is 0.438. The number of anilines is 1. The topological polar surface area (TPSA) is 111 Å². The highest BCUT2D eigenvalue weighted by Crippen LogP contribution is 2.35. The Morgan fingerprint density at radius 1 is 1.18 bits per heavy atom. The van der Waals surface area contributed by atoms with Gasteiger partial charge in [0.2, 0.25) is 0 Å². The van der Waals surface area contributed by atoms with Gasteiger partial charge in [-0.1, -0.05) is 23.2 Å². The van der Waals surface area contributed by atoms with Crippen LogP contribution >= 0.6 is 35.6 Å². The van der Waals surface area contributed by atoms with E-state index in [0.29, 0.717) is 11.3 Å². The van der Waals surface area contributed by atoms with Crippen LogP contribution in [0.3, 0.4) is 0 Å². The summed E-state index contributed by atoms with van der Waals surface area (Å²) in [5.74, 6) is -0.858. The fourth-order valence-corrected chi connectivity index (χ4v) is 2.64. The summed E-state index contributed by atoms with van der Waals surface area (Å²) in [5, 5.41) is 12.3. The number of amides is 1. The second-order valence-electron chi connectivity index (χ2n) is 5.33. The van der Waals surface area contributed by atoms with Gasteiger partial charge in [0.15, 0.2) is 6.61 Å². The number of benzene rings is 2. The number of hydrogen-bond acceptors (Lipinski definition) is 6. The molecule has 0 aliphatic carbocycles. The highest BCUT2D eigenvalue weighted by molar-refractivity contribution is 6.45. The zero-order chi connectivity index (χ0) is 20.0. The molecule has 2 aromatic carbocycles. The fourth-order valence-electron chi connectivity index (χ4n) is 2.18. The minimum Gasteiger partial charge on any atom is -0.508 e. The molecule has 0 aliphatic rings. The first-order chi connectivity index (χ1) is 12.9. The lowest BCUT2D eigenvalue weighted by atomic mass is 10.1. The normalized spacial score (nSPS) is 10.0. The summed E-state index contributed by atoms with van der Waals surface area (Å²) in [5.41, 5.74) is 6.57. The molecule has 0 atom stereocenters. The molecule has 4 N–H and O–H groups in total. The molecule has 152 valence electrons. The largest absolute Gasteiger partial charge is 0.508 e. The monoisotopic (exact) mass is 448 g/mol. The first-order valence-electron chi connectivity index (χ1n) is 7.97.